The molecule has 0 aliphatic carbocycles. The van der Waals surface area contributed by atoms with Gasteiger partial charge in [0.1, 0.15) is 10.7 Å². The van der Waals surface area contributed by atoms with E-state index in [1.165, 1.54) is 6.92 Å². The van der Waals surface area contributed by atoms with Gasteiger partial charge in [0.25, 0.3) is 5.69 Å². The van der Waals surface area contributed by atoms with Gasteiger partial charge in [0.15, 0.2) is 0 Å². The third-order valence-electron chi connectivity index (χ3n) is 1.93. The van der Waals surface area contributed by atoms with Crippen molar-refractivity contribution in [2.45, 2.75) is 11.8 Å². The number of halogens is 1. The molecule has 0 fully saturated rings. The highest BCUT2D eigenvalue weighted by Crippen LogP contribution is 2.25. The van der Waals surface area contributed by atoms with Crippen LogP contribution in [0, 0.1) is 10.1 Å². The van der Waals surface area contributed by atoms with Crippen molar-refractivity contribution in [3.63, 3.8) is 0 Å². The quantitative estimate of drug-likeness (QED) is 0.646. The molecule has 1 N–H and O–H groups in total. The third-order valence-corrected chi connectivity index (χ3v) is 3.81. The summed E-state index contributed by atoms with van der Waals surface area (Å²) in [4.78, 5) is 20.1. The molecule has 0 unspecified atom stereocenters. The molecule has 0 aromatic heterocycles. The van der Waals surface area contributed by atoms with E-state index in [-0.39, 0.29) is 10.8 Å². The lowest BCUT2D eigenvalue weighted by Crippen LogP contribution is -2.28. The maximum atomic E-state index is 11.8. The van der Waals surface area contributed by atoms with Crippen LogP contribution < -0.4 is 4.72 Å². The number of hydrogen-bond acceptors (Lipinski definition) is 5. The monoisotopic (exact) mass is 292 g/mol. The molecule has 0 aliphatic rings. The van der Waals surface area contributed by atoms with Crippen LogP contribution in [0.15, 0.2) is 23.1 Å². The van der Waals surface area contributed by atoms with Gasteiger partial charge in [0, 0.05) is 12.1 Å². The highest BCUT2D eigenvalue weighted by molar-refractivity contribution is 7.89. The SMILES string of the molecule is CC(=O)CNS(=O)(=O)c1cc([N+](=O)[O-])ccc1Cl. The molecule has 0 radical (unpaired) electrons. The van der Waals surface area contributed by atoms with E-state index in [0.29, 0.717) is 0 Å². The number of rotatable bonds is 5. The third kappa shape index (κ3) is 3.49. The Kier molecular flexibility index (Phi) is 4.38. The fourth-order valence-corrected chi connectivity index (χ4v) is 2.66. The van der Waals surface area contributed by atoms with Crippen molar-refractivity contribution in [2.75, 3.05) is 6.54 Å². The van der Waals surface area contributed by atoms with Gasteiger partial charge in [-0.25, -0.2) is 13.1 Å². The maximum Gasteiger partial charge on any atom is 0.270 e. The van der Waals surface area contributed by atoms with Gasteiger partial charge in [-0.3, -0.25) is 14.9 Å². The van der Waals surface area contributed by atoms with Crippen molar-refractivity contribution in [1.82, 2.24) is 4.72 Å². The Morgan fingerprint density at radius 1 is 1.50 bits per heavy atom. The zero-order valence-electron chi connectivity index (χ0n) is 9.21. The molecule has 0 saturated carbocycles. The Balaban J connectivity index is 3.18. The topological polar surface area (TPSA) is 106 Å². The van der Waals surface area contributed by atoms with Crippen LogP contribution in [0.1, 0.15) is 6.92 Å². The van der Waals surface area contributed by atoms with Crippen molar-refractivity contribution in [1.29, 1.82) is 0 Å². The molecule has 0 amide bonds. The Bertz CT molecular complexity index is 599. The molecule has 0 spiro atoms. The lowest BCUT2D eigenvalue weighted by atomic mass is 10.3. The summed E-state index contributed by atoms with van der Waals surface area (Å²) >= 11 is 5.67. The van der Waals surface area contributed by atoms with Crippen LogP contribution in [-0.4, -0.2) is 25.7 Å². The molecule has 98 valence electrons. The van der Waals surface area contributed by atoms with Crippen LogP contribution >= 0.6 is 11.6 Å². The van der Waals surface area contributed by atoms with E-state index in [1.54, 1.807) is 0 Å². The average Bonchev–Trinajstić information content (AvgIpc) is 2.26. The molecular weight excluding hydrogens is 284 g/mol. The van der Waals surface area contributed by atoms with Gasteiger partial charge in [-0.2, -0.15) is 0 Å². The van der Waals surface area contributed by atoms with E-state index in [2.05, 4.69) is 0 Å². The predicted molar refractivity (Wildman–Crippen MR) is 64.0 cm³/mol. The summed E-state index contributed by atoms with van der Waals surface area (Å²) in [5.74, 6) is -0.389. The molecule has 0 heterocycles. The highest BCUT2D eigenvalue weighted by Gasteiger charge is 2.21. The van der Waals surface area contributed by atoms with Crippen LogP contribution in [0.5, 0.6) is 0 Å². The van der Waals surface area contributed by atoms with Gasteiger partial charge in [0.05, 0.1) is 16.5 Å². The number of Topliss-reactive ketones (excluding diaryl/α,β-unsaturated/α-hetero) is 1. The van der Waals surface area contributed by atoms with Crippen molar-refractivity contribution in [3.05, 3.63) is 33.3 Å². The highest BCUT2D eigenvalue weighted by atomic mass is 35.5. The first kappa shape index (κ1) is 14.6. The average molecular weight is 293 g/mol. The van der Waals surface area contributed by atoms with E-state index in [9.17, 15) is 23.3 Å². The van der Waals surface area contributed by atoms with Crippen molar-refractivity contribution in [2.24, 2.45) is 0 Å². The fourth-order valence-electron chi connectivity index (χ4n) is 1.09. The zero-order valence-corrected chi connectivity index (χ0v) is 10.8. The van der Waals surface area contributed by atoms with E-state index in [0.717, 1.165) is 18.2 Å². The number of hydrogen-bond donors (Lipinski definition) is 1. The molecule has 9 heteroatoms. The first-order valence-electron chi connectivity index (χ1n) is 4.67. The number of benzene rings is 1. The molecule has 1 rings (SSSR count). The van der Waals surface area contributed by atoms with Gasteiger partial charge in [-0.1, -0.05) is 11.6 Å². The second kappa shape index (κ2) is 5.42. The van der Waals surface area contributed by atoms with Gasteiger partial charge in [-0.15, -0.1) is 0 Å². The normalized spacial score (nSPS) is 11.2. The van der Waals surface area contributed by atoms with Crippen molar-refractivity contribution >= 4 is 33.1 Å². The minimum absolute atomic E-state index is 0.156. The largest absolute Gasteiger partial charge is 0.299 e. The van der Waals surface area contributed by atoms with Gasteiger partial charge < -0.3 is 0 Å². The number of nitro benzene ring substituents is 1. The molecule has 1 aromatic carbocycles. The zero-order chi connectivity index (χ0) is 13.9. The number of ketones is 1. The van der Waals surface area contributed by atoms with Gasteiger partial charge in [-0.05, 0) is 13.0 Å². The number of nitrogens with zero attached hydrogens (tertiary/aromatic N) is 1. The van der Waals surface area contributed by atoms with Crippen LogP contribution in [0.25, 0.3) is 0 Å². The second-order valence-corrected chi connectivity index (χ2v) is 5.54. The van der Waals surface area contributed by atoms with Crippen molar-refractivity contribution in [3.8, 4) is 0 Å². The summed E-state index contributed by atoms with van der Waals surface area (Å²) in [5.41, 5.74) is -0.400. The minimum atomic E-state index is -4.05. The standard InChI is InChI=1S/C9H9ClN2O5S/c1-6(13)5-11-18(16,17)9-4-7(12(14)15)2-3-8(9)10/h2-4,11H,5H2,1H3. The lowest BCUT2D eigenvalue weighted by Gasteiger charge is -2.06. The molecule has 0 aliphatic heterocycles. The van der Waals surface area contributed by atoms with Crippen molar-refractivity contribution < 1.29 is 18.1 Å². The van der Waals surface area contributed by atoms with E-state index < -0.39 is 32.1 Å². The smallest absolute Gasteiger partial charge is 0.270 e. The summed E-state index contributed by atoms with van der Waals surface area (Å²) in [6.45, 7) is 0.804. The summed E-state index contributed by atoms with van der Waals surface area (Å²) in [7, 11) is -4.05. The summed E-state index contributed by atoms with van der Waals surface area (Å²) in [5, 5.41) is 10.4. The summed E-state index contributed by atoms with van der Waals surface area (Å²) in [6, 6.07) is 3.04. The number of nitrogens with one attached hydrogen (secondary N) is 1. The van der Waals surface area contributed by atoms with Crippen LogP contribution in [0.3, 0.4) is 0 Å². The van der Waals surface area contributed by atoms with E-state index in [4.69, 9.17) is 11.6 Å². The first-order valence-corrected chi connectivity index (χ1v) is 6.53. The van der Waals surface area contributed by atoms with Gasteiger partial charge >= 0.3 is 0 Å². The van der Waals surface area contributed by atoms with Crippen LogP contribution in [0.4, 0.5) is 5.69 Å². The molecule has 0 saturated heterocycles. The molecule has 0 bridgehead atoms. The minimum Gasteiger partial charge on any atom is -0.299 e. The molecule has 0 atom stereocenters. The number of carbonyl (C=O) groups is 1. The second-order valence-electron chi connectivity index (χ2n) is 3.40. The fraction of sp³-hybridized carbons (Fsp3) is 0.222. The van der Waals surface area contributed by atoms with Crippen LogP contribution in [-0.2, 0) is 14.8 Å². The Morgan fingerprint density at radius 2 is 2.11 bits per heavy atom. The Hall–Kier alpha value is -1.51. The summed E-state index contributed by atoms with van der Waals surface area (Å²) in [6.07, 6.45) is 0. The number of non-ortho nitro benzene ring substituents is 1. The van der Waals surface area contributed by atoms with Crippen LogP contribution in [0.2, 0.25) is 5.02 Å². The number of sulfonamides is 1. The maximum absolute atomic E-state index is 11.8. The Morgan fingerprint density at radius 3 is 2.61 bits per heavy atom. The number of carbonyl (C=O) groups excluding carboxylic acids is 1. The van der Waals surface area contributed by atoms with E-state index >= 15 is 0 Å². The predicted octanol–water partition coefficient (Wildman–Crippen LogP) is 1.12. The first-order chi connectivity index (χ1) is 8.24. The molecular formula is C9H9ClN2O5S. The summed E-state index contributed by atoms with van der Waals surface area (Å²) < 4.78 is 25.5. The Labute approximate surface area is 108 Å². The molecule has 1 aromatic rings. The lowest BCUT2D eigenvalue weighted by molar-refractivity contribution is -0.385. The van der Waals surface area contributed by atoms with Gasteiger partial charge in [0.2, 0.25) is 10.0 Å². The van der Waals surface area contributed by atoms with E-state index in [1.807, 2.05) is 4.72 Å². The molecule has 7 nitrogen and oxygen atoms in total. The molecule has 18 heavy (non-hydrogen) atoms. The number of nitro groups is 1.